The quantitative estimate of drug-likeness (QED) is 0.822. The van der Waals surface area contributed by atoms with E-state index in [0.717, 1.165) is 12.5 Å². The summed E-state index contributed by atoms with van der Waals surface area (Å²) in [6, 6.07) is 0.668. The predicted octanol–water partition coefficient (Wildman–Crippen LogP) is 3.73. The molecule has 3 rings (SSSR count). The first-order valence-corrected chi connectivity index (χ1v) is 8.78. The highest BCUT2D eigenvalue weighted by Gasteiger charge is 2.61. The van der Waals surface area contributed by atoms with Crippen LogP contribution in [0.25, 0.3) is 0 Å². The molecule has 3 unspecified atom stereocenters. The van der Waals surface area contributed by atoms with Crippen LogP contribution in [0, 0.1) is 22.2 Å². The van der Waals surface area contributed by atoms with E-state index in [9.17, 15) is 5.11 Å². The van der Waals surface area contributed by atoms with Crippen LogP contribution in [0.5, 0.6) is 0 Å². The third-order valence-electron chi connectivity index (χ3n) is 7.77. The Morgan fingerprint density at radius 2 is 1.75 bits per heavy atom. The third kappa shape index (κ3) is 2.06. The number of rotatable bonds is 4. The molecule has 3 fully saturated rings. The second-order valence-corrected chi connectivity index (χ2v) is 8.76. The van der Waals surface area contributed by atoms with Gasteiger partial charge in [-0.2, -0.15) is 0 Å². The van der Waals surface area contributed by atoms with Gasteiger partial charge in [-0.05, 0) is 48.9 Å². The fourth-order valence-electron chi connectivity index (χ4n) is 5.54. The fraction of sp³-hybridized carbons (Fsp3) is 1.00. The van der Waals surface area contributed by atoms with Gasteiger partial charge >= 0.3 is 0 Å². The van der Waals surface area contributed by atoms with Crippen LogP contribution < -0.4 is 5.32 Å². The van der Waals surface area contributed by atoms with Crippen molar-refractivity contribution in [2.24, 2.45) is 22.2 Å². The van der Waals surface area contributed by atoms with Gasteiger partial charge in [0.25, 0.3) is 0 Å². The second-order valence-electron chi connectivity index (χ2n) is 8.76. The molecule has 2 heteroatoms. The average Bonchev–Trinajstić information content (AvgIpc) is 2.79. The molecular weight excluding hydrogens is 246 g/mol. The maximum absolute atomic E-state index is 9.87. The Labute approximate surface area is 124 Å². The Bertz CT molecular complexity index is 358. The van der Waals surface area contributed by atoms with Gasteiger partial charge in [-0.25, -0.2) is 0 Å². The normalized spacial score (nSPS) is 42.0. The summed E-state index contributed by atoms with van der Waals surface area (Å²) >= 11 is 0. The van der Waals surface area contributed by atoms with Gasteiger partial charge in [-0.3, -0.25) is 0 Å². The Hall–Kier alpha value is -0.0800. The lowest BCUT2D eigenvalue weighted by atomic mass is 9.68. The van der Waals surface area contributed by atoms with Gasteiger partial charge in [0.05, 0.1) is 0 Å². The van der Waals surface area contributed by atoms with Crippen molar-refractivity contribution < 1.29 is 5.11 Å². The molecular formula is C18H33NO. The minimum absolute atomic E-state index is 0.181. The first-order chi connectivity index (χ1) is 9.44. The van der Waals surface area contributed by atoms with E-state index < -0.39 is 0 Å². The SMILES string of the molecule is CC1(C)C2CCC1(C)C(NCC1(CO)CCCCC1)C2. The molecule has 0 saturated heterocycles. The summed E-state index contributed by atoms with van der Waals surface area (Å²) in [4.78, 5) is 0. The highest BCUT2D eigenvalue weighted by molar-refractivity contribution is 5.13. The highest BCUT2D eigenvalue weighted by atomic mass is 16.3. The van der Waals surface area contributed by atoms with E-state index in [-0.39, 0.29) is 5.41 Å². The van der Waals surface area contributed by atoms with Gasteiger partial charge in [0.2, 0.25) is 0 Å². The molecule has 20 heavy (non-hydrogen) atoms. The fourth-order valence-corrected chi connectivity index (χ4v) is 5.54. The number of hydrogen-bond acceptors (Lipinski definition) is 2. The maximum Gasteiger partial charge on any atom is 0.0499 e. The lowest BCUT2D eigenvalue weighted by Gasteiger charge is -2.42. The van der Waals surface area contributed by atoms with Crippen molar-refractivity contribution in [3.05, 3.63) is 0 Å². The van der Waals surface area contributed by atoms with Crippen molar-refractivity contribution in [1.82, 2.24) is 5.32 Å². The van der Waals surface area contributed by atoms with Gasteiger partial charge in [-0.15, -0.1) is 0 Å². The molecule has 2 bridgehead atoms. The molecule has 0 aromatic heterocycles. The minimum atomic E-state index is 0.181. The minimum Gasteiger partial charge on any atom is -0.396 e. The molecule has 0 heterocycles. The van der Waals surface area contributed by atoms with Crippen molar-refractivity contribution in [3.63, 3.8) is 0 Å². The van der Waals surface area contributed by atoms with E-state index in [4.69, 9.17) is 0 Å². The summed E-state index contributed by atoms with van der Waals surface area (Å²) in [6.07, 6.45) is 10.6. The zero-order valence-corrected chi connectivity index (χ0v) is 13.7. The summed E-state index contributed by atoms with van der Waals surface area (Å²) in [5.74, 6) is 0.904. The third-order valence-corrected chi connectivity index (χ3v) is 7.77. The Kier molecular flexibility index (Phi) is 3.70. The number of nitrogens with one attached hydrogen (secondary N) is 1. The van der Waals surface area contributed by atoms with Crippen LogP contribution in [-0.2, 0) is 0 Å². The number of fused-ring (bicyclic) bond motifs is 2. The molecule has 2 nitrogen and oxygen atoms in total. The van der Waals surface area contributed by atoms with Crippen molar-refractivity contribution in [3.8, 4) is 0 Å². The van der Waals surface area contributed by atoms with Crippen molar-refractivity contribution in [2.75, 3.05) is 13.2 Å². The molecule has 3 aliphatic carbocycles. The van der Waals surface area contributed by atoms with Crippen LogP contribution in [0.15, 0.2) is 0 Å². The monoisotopic (exact) mass is 279 g/mol. The molecule has 3 aliphatic rings. The van der Waals surface area contributed by atoms with Crippen LogP contribution in [0.2, 0.25) is 0 Å². The van der Waals surface area contributed by atoms with Crippen LogP contribution in [0.4, 0.5) is 0 Å². The smallest absolute Gasteiger partial charge is 0.0499 e. The molecule has 0 amide bonds. The van der Waals surface area contributed by atoms with E-state index in [1.165, 1.54) is 51.4 Å². The lowest BCUT2D eigenvalue weighted by molar-refractivity contribution is 0.0623. The Morgan fingerprint density at radius 1 is 1.05 bits per heavy atom. The lowest BCUT2D eigenvalue weighted by Crippen LogP contribution is -2.49. The van der Waals surface area contributed by atoms with E-state index in [2.05, 4.69) is 26.1 Å². The highest BCUT2D eigenvalue weighted by Crippen LogP contribution is 2.65. The largest absolute Gasteiger partial charge is 0.396 e. The number of aliphatic hydroxyl groups excluding tert-OH is 1. The van der Waals surface area contributed by atoms with Gasteiger partial charge in [-0.1, -0.05) is 40.0 Å². The van der Waals surface area contributed by atoms with E-state index in [0.29, 0.717) is 23.5 Å². The maximum atomic E-state index is 9.87. The van der Waals surface area contributed by atoms with Crippen molar-refractivity contribution in [1.29, 1.82) is 0 Å². The van der Waals surface area contributed by atoms with Crippen molar-refractivity contribution in [2.45, 2.75) is 78.2 Å². The molecule has 0 radical (unpaired) electrons. The van der Waals surface area contributed by atoms with Gasteiger partial charge in [0.15, 0.2) is 0 Å². The standard InChI is InChI=1S/C18H33NO/c1-16(2)14-7-10-17(16,3)15(11-14)19-12-18(13-20)8-5-4-6-9-18/h14-15,19-20H,4-13H2,1-3H3. The molecule has 3 atom stereocenters. The molecule has 3 saturated carbocycles. The zero-order chi connectivity index (χ0) is 14.4. The average molecular weight is 279 g/mol. The van der Waals surface area contributed by atoms with Crippen LogP contribution in [-0.4, -0.2) is 24.3 Å². The molecule has 0 aromatic rings. The summed E-state index contributed by atoms with van der Waals surface area (Å²) in [5, 5.41) is 13.8. The predicted molar refractivity (Wildman–Crippen MR) is 83.6 cm³/mol. The van der Waals surface area contributed by atoms with Gasteiger partial charge in [0, 0.05) is 24.6 Å². The topological polar surface area (TPSA) is 32.3 Å². The number of aliphatic hydroxyl groups is 1. The first kappa shape index (κ1) is 14.8. The Balaban J connectivity index is 1.65. The summed E-state index contributed by atoms with van der Waals surface area (Å²) < 4.78 is 0. The second kappa shape index (κ2) is 4.98. The van der Waals surface area contributed by atoms with Crippen molar-refractivity contribution >= 4 is 0 Å². The number of hydrogen-bond donors (Lipinski definition) is 2. The molecule has 0 aliphatic heterocycles. The van der Waals surface area contributed by atoms with Crippen LogP contribution in [0.3, 0.4) is 0 Å². The molecule has 0 spiro atoms. The summed E-state index contributed by atoms with van der Waals surface area (Å²) in [5.41, 5.74) is 1.13. The zero-order valence-electron chi connectivity index (χ0n) is 13.7. The first-order valence-electron chi connectivity index (χ1n) is 8.78. The van der Waals surface area contributed by atoms with E-state index >= 15 is 0 Å². The molecule has 2 N–H and O–H groups in total. The van der Waals surface area contributed by atoms with Gasteiger partial charge in [0.1, 0.15) is 0 Å². The van der Waals surface area contributed by atoms with Gasteiger partial charge < -0.3 is 10.4 Å². The Morgan fingerprint density at radius 3 is 2.25 bits per heavy atom. The van der Waals surface area contributed by atoms with Crippen LogP contribution >= 0.6 is 0 Å². The van der Waals surface area contributed by atoms with Crippen LogP contribution in [0.1, 0.15) is 72.1 Å². The summed E-state index contributed by atoms with van der Waals surface area (Å²) in [7, 11) is 0. The molecule has 0 aromatic carbocycles. The molecule has 116 valence electrons. The van der Waals surface area contributed by atoms with E-state index in [1.807, 2.05) is 0 Å². The summed E-state index contributed by atoms with van der Waals surface area (Å²) in [6.45, 7) is 8.87. The van der Waals surface area contributed by atoms with E-state index in [1.54, 1.807) is 0 Å².